The van der Waals surface area contributed by atoms with E-state index in [2.05, 4.69) is 15.5 Å². The third-order valence-electron chi connectivity index (χ3n) is 7.74. The molecule has 43 heavy (non-hydrogen) atoms. The number of nitrogens with zero attached hydrogens (tertiary/aromatic N) is 3. The monoisotopic (exact) mass is 617 g/mol. The lowest BCUT2D eigenvalue weighted by molar-refractivity contribution is -0.137. The van der Waals surface area contributed by atoms with Crippen molar-refractivity contribution >= 4 is 33.1 Å². The van der Waals surface area contributed by atoms with Crippen LogP contribution in [-0.4, -0.2) is 55.0 Å². The highest BCUT2D eigenvalue weighted by atomic mass is 32.2. The normalized spacial score (nSPS) is 18.7. The number of aromatic nitrogens is 2. The second kappa shape index (κ2) is 11.1. The van der Waals surface area contributed by atoms with Gasteiger partial charge in [0, 0.05) is 29.5 Å². The number of halogens is 3. The van der Waals surface area contributed by atoms with Crippen LogP contribution in [0.15, 0.2) is 54.6 Å². The Morgan fingerprint density at radius 1 is 0.977 bits per heavy atom. The molecule has 2 heterocycles. The van der Waals surface area contributed by atoms with E-state index >= 15 is 0 Å². The maximum atomic E-state index is 13.7. The van der Waals surface area contributed by atoms with Crippen LogP contribution in [0.2, 0.25) is 0 Å². The van der Waals surface area contributed by atoms with Gasteiger partial charge < -0.3 is 20.3 Å². The largest absolute Gasteiger partial charge is 0.416 e. The SMILES string of the molecule is C[C@H]1COCCN1c1cc(C2(S(=O)(=O)C(C)(C)C)CC2)nc(-c2ccc(NC(=O)Nc3ccc(C(F)(F)F)cc3)cc2)n1. The van der Waals surface area contributed by atoms with E-state index in [9.17, 15) is 26.4 Å². The number of anilines is 3. The standard InChI is InChI=1S/C30H34F3N5O4S/c1-19-18-42-16-15-38(19)25-17-24(29(13-14-29)43(40,41)28(2,3)4)36-26(37-25)20-5-9-22(10-6-20)34-27(39)35-23-11-7-21(8-12-23)30(31,32)33/h5-12,17,19H,13-16,18H2,1-4H3,(H2,34,35,39)/t19-/m0/s1. The second-order valence-electron chi connectivity index (χ2n) is 11.9. The highest BCUT2D eigenvalue weighted by Crippen LogP contribution is 2.56. The number of urea groups is 1. The van der Waals surface area contributed by atoms with Crippen molar-refractivity contribution in [3.63, 3.8) is 0 Å². The molecule has 1 aliphatic carbocycles. The van der Waals surface area contributed by atoms with Crippen LogP contribution in [-0.2, 0) is 25.5 Å². The summed E-state index contributed by atoms with van der Waals surface area (Å²) in [7, 11) is -3.58. The number of ether oxygens (including phenoxy) is 1. The molecule has 1 atom stereocenters. The second-order valence-corrected chi connectivity index (χ2v) is 14.9. The van der Waals surface area contributed by atoms with Crippen LogP contribution in [0.3, 0.4) is 0 Å². The molecule has 3 aromatic rings. The maximum Gasteiger partial charge on any atom is 0.416 e. The van der Waals surface area contributed by atoms with Crippen LogP contribution in [0.5, 0.6) is 0 Å². The average molecular weight is 618 g/mol. The van der Waals surface area contributed by atoms with E-state index in [-0.39, 0.29) is 11.7 Å². The highest BCUT2D eigenvalue weighted by molar-refractivity contribution is 7.94. The lowest BCUT2D eigenvalue weighted by Gasteiger charge is -2.35. The van der Waals surface area contributed by atoms with Crippen molar-refractivity contribution in [2.24, 2.45) is 0 Å². The molecule has 0 unspecified atom stereocenters. The Balaban J connectivity index is 1.40. The van der Waals surface area contributed by atoms with Crippen LogP contribution in [0.4, 0.5) is 35.2 Å². The van der Waals surface area contributed by atoms with Gasteiger partial charge in [0.2, 0.25) is 0 Å². The number of amides is 2. The predicted octanol–water partition coefficient (Wildman–Crippen LogP) is 6.23. The van der Waals surface area contributed by atoms with Crippen LogP contribution in [0.1, 0.15) is 51.8 Å². The van der Waals surface area contributed by atoms with E-state index in [1.165, 1.54) is 12.1 Å². The summed E-state index contributed by atoms with van der Waals surface area (Å²) < 4.78 is 69.3. The number of alkyl halides is 3. The van der Waals surface area contributed by atoms with Gasteiger partial charge in [0.25, 0.3) is 0 Å². The van der Waals surface area contributed by atoms with E-state index in [0.717, 1.165) is 12.1 Å². The number of hydrogen-bond acceptors (Lipinski definition) is 7. The first kappa shape index (κ1) is 30.7. The van der Waals surface area contributed by atoms with Gasteiger partial charge >= 0.3 is 12.2 Å². The molecule has 2 aliphatic rings. The minimum absolute atomic E-state index is 0.0356. The lowest BCUT2D eigenvalue weighted by Crippen LogP contribution is -2.44. The predicted molar refractivity (Wildman–Crippen MR) is 159 cm³/mol. The fraction of sp³-hybridized carbons (Fsp3) is 0.433. The quantitative estimate of drug-likeness (QED) is 0.337. The molecule has 0 bridgehead atoms. The van der Waals surface area contributed by atoms with E-state index in [4.69, 9.17) is 14.7 Å². The summed E-state index contributed by atoms with van der Waals surface area (Å²) in [6.45, 7) is 8.79. The fourth-order valence-electron chi connectivity index (χ4n) is 5.11. The fourth-order valence-corrected chi connectivity index (χ4v) is 7.30. The number of nitrogens with one attached hydrogen (secondary N) is 2. The van der Waals surface area contributed by atoms with E-state index in [0.29, 0.717) is 61.2 Å². The third kappa shape index (κ3) is 6.19. The number of hydrogen-bond donors (Lipinski definition) is 2. The number of carbonyl (C=O) groups is 1. The molecule has 2 N–H and O–H groups in total. The van der Waals surface area contributed by atoms with Crippen molar-refractivity contribution in [1.29, 1.82) is 0 Å². The summed E-state index contributed by atoms with van der Waals surface area (Å²) in [5.74, 6) is 0.992. The number of rotatable bonds is 6. The minimum atomic E-state index is -4.47. The lowest BCUT2D eigenvalue weighted by atomic mass is 10.1. The number of benzene rings is 2. The molecule has 9 nitrogen and oxygen atoms in total. The number of carbonyl (C=O) groups excluding carboxylic acids is 1. The van der Waals surface area contributed by atoms with E-state index < -0.39 is 37.1 Å². The molecular formula is C30H34F3N5O4S. The van der Waals surface area contributed by atoms with Gasteiger partial charge in [-0.3, -0.25) is 0 Å². The average Bonchev–Trinajstić information content (AvgIpc) is 3.76. The molecule has 0 radical (unpaired) electrons. The van der Waals surface area contributed by atoms with Crippen molar-refractivity contribution in [3.8, 4) is 11.4 Å². The first-order valence-corrected chi connectivity index (χ1v) is 15.4. The zero-order valence-electron chi connectivity index (χ0n) is 24.3. The molecule has 1 aromatic heterocycles. The summed E-state index contributed by atoms with van der Waals surface area (Å²) in [4.78, 5) is 24.2. The molecule has 2 fully saturated rings. The van der Waals surface area contributed by atoms with Crippen molar-refractivity contribution in [2.75, 3.05) is 35.3 Å². The van der Waals surface area contributed by atoms with E-state index in [1.807, 2.05) is 6.92 Å². The van der Waals surface area contributed by atoms with Gasteiger partial charge in [0.05, 0.1) is 35.3 Å². The van der Waals surface area contributed by atoms with Gasteiger partial charge in [-0.05, 0) is 89.1 Å². The number of sulfone groups is 1. The van der Waals surface area contributed by atoms with Gasteiger partial charge in [0.1, 0.15) is 10.6 Å². The summed E-state index contributed by atoms with van der Waals surface area (Å²) in [6.07, 6.45) is -3.50. The first-order valence-electron chi connectivity index (χ1n) is 13.9. The van der Waals surface area contributed by atoms with Gasteiger partial charge in [0.15, 0.2) is 15.7 Å². The molecule has 1 saturated carbocycles. The number of morpholine rings is 1. The zero-order valence-corrected chi connectivity index (χ0v) is 25.1. The minimum Gasteiger partial charge on any atom is -0.377 e. The van der Waals surface area contributed by atoms with E-state index in [1.54, 1.807) is 51.1 Å². The Morgan fingerprint density at radius 2 is 1.56 bits per heavy atom. The molecule has 2 aromatic carbocycles. The summed E-state index contributed by atoms with van der Waals surface area (Å²) in [5.41, 5.74) is 0.924. The Morgan fingerprint density at radius 3 is 2.07 bits per heavy atom. The molecule has 5 rings (SSSR count). The van der Waals surface area contributed by atoms with Gasteiger partial charge in [-0.1, -0.05) is 0 Å². The Labute approximate surface area is 248 Å². The topological polar surface area (TPSA) is 114 Å². The maximum absolute atomic E-state index is 13.7. The summed E-state index contributed by atoms with van der Waals surface area (Å²) in [6, 6.07) is 12.1. The Kier molecular flexibility index (Phi) is 7.93. The van der Waals surface area contributed by atoms with Crippen molar-refractivity contribution in [2.45, 2.75) is 62.2 Å². The summed E-state index contributed by atoms with van der Waals surface area (Å²) >= 11 is 0. The highest BCUT2D eigenvalue weighted by Gasteiger charge is 2.61. The van der Waals surface area contributed by atoms with Crippen LogP contribution in [0, 0.1) is 0 Å². The molecule has 1 saturated heterocycles. The van der Waals surface area contributed by atoms with Gasteiger partial charge in [-0.15, -0.1) is 0 Å². The van der Waals surface area contributed by atoms with Crippen LogP contribution in [0.25, 0.3) is 11.4 Å². The third-order valence-corrected chi connectivity index (χ3v) is 11.0. The summed E-state index contributed by atoms with van der Waals surface area (Å²) in [5, 5.41) is 5.16. The first-order chi connectivity index (χ1) is 20.1. The molecule has 1 aliphatic heterocycles. The van der Waals surface area contributed by atoms with Crippen molar-refractivity contribution < 1.29 is 31.1 Å². The molecule has 230 valence electrons. The molecular weight excluding hydrogens is 583 g/mol. The van der Waals surface area contributed by atoms with Crippen LogP contribution < -0.4 is 15.5 Å². The van der Waals surface area contributed by atoms with Gasteiger partial charge in [-0.25, -0.2) is 23.2 Å². The Hall–Kier alpha value is -3.71. The molecule has 0 spiro atoms. The Bertz CT molecular complexity index is 1600. The molecule has 2 amide bonds. The zero-order chi connectivity index (χ0) is 31.2. The smallest absolute Gasteiger partial charge is 0.377 e. The van der Waals surface area contributed by atoms with Crippen LogP contribution >= 0.6 is 0 Å². The van der Waals surface area contributed by atoms with Crippen molar-refractivity contribution in [3.05, 3.63) is 65.9 Å². The van der Waals surface area contributed by atoms with Crippen molar-refractivity contribution in [1.82, 2.24) is 9.97 Å². The molecule has 13 heteroatoms. The van der Waals surface area contributed by atoms with Gasteiger partial charge in [-0.2, -0.15) is 13.2 Å².